The second kappa shape index (κ2) is 4.29. The van der Waals surface area contributed by atoms with Gasteiger partial charge in [-0.3, -0.25) is 15.4 Å². The zero-order valence-electron chi connectivity index (χ0n) is 9.38. The Morgan fingerprint density at radius 2 is 1.71 bits per heavy atom. The summed E-state index contributed by atoms with van der Waals surface area (Å²) in [5.41, 5.74) is 6.73. The maximum atomic E-state index is 4.33. The number of anilines is 2. The van der Waals surface area contributed by atoms with Gasteiger partial charge in [-0.2, -0.15) is 0 Å². The Labute approximate surface area is 100 Å². The Morgan fingerprint density at radius 3 is 2.59 bits per heavy atom. The number of aliphatic imine (C=N–C) groups is 1. The van der Waals surface area contributed by atoms with E-state index in [4.69, 9.17) is 0 Å². The molecule has 3 rings (SSSR count). The zero-order chi connectivity index (χ0) is 11.5. The molecule has 1 aliphatic rings. The van der Waals surface area contributed by atoms with E-state index >= 15 is 0 Å². The van der Waals surface area contributed by atoms with Gasteiger partial charge in [0.05, 0.1) is 11.4 Å². The maximum Gasteiger partial charge on any atom is 0.129 e. The summed E-state index contributed by atoms with van der Waals surface area (Å²) in [5, 5.41) is 2.05. The first-order valence-corrected chi connectivity index (χ1v) is 5.61. The molecule has 0 spiro atoms. The Hall–Kier alpha value is -2.29. The van der Waals surface area contributed by atoms with E-state index in [1.807, 2.05) is 53.7 Å². The maximum absolute atomic E-state index is 4.33. The summed E-state index contributed by atoms with van der Waals surface area (Å²) in [6.45, 7) is 0.631. The van der Waals surface area contributed by atoms with Crippen LogP contribution >= 0.6 is 0 Å². The minimum atomic E-state index is 0.631. The van der Waals surface area contributed by atoms with Gasteiger partial charge in [-0.15, -0.1) is 0 Å². The van der Waals surface area contributed by atoms with Crippen molar-refractivity contribution in [2.75, 3.05) is 17.1 Å². The van der Waals surface area contributed by atoms with Gasteiger partial charge >= 0.3 is 0 Å². The SMILES string of the molecule is C1=NCN(Nc2ccccc2)c2ccccc21. The standard InChI is InChI=1S/C14H13N3/c1-2-7-13(8-3-1)16-17-11-15-10-12-6-4-5-9-14(12)17/h1-10,16H,11H2. The molecule has 0 bridgehead atoms. The number of nitrogens with zero attached hydrogens (tertiary/aromatic N) is 2. The van der Waals surface area contributed by atoms with Gasteiger partial charge < -0.3 is 0 Å². The number of para-hydroxylation sites is 2. The number of rotatable bonds is 2. The fraction of sp³-hybridized carbons (Fsp3) is 0.0714. The molecule has 0 radical (unpaired) electrons. The van der Waals surface area contributed by atoms with Crippen molar-refractivity contribution in [3.8, 4) is 0 Å². The van der Waals surface area contributed by atoms with Crippen molar-refractivity contribution in [1.82, 2.24) is 0 Å². The molecule has 0 unspecified atom stereocenters. The molecular formula is C14H13N3. The molecule has 3 nitrogen and oxygen atoms in total. The van der Waals surface area contributed by atoms with Crippen LogP contribution in [-0.4, -0.2) is 12.9 Å². The van der Waals surface area contributed by atoms with Gasteiger partial charge in [-0.25, -0.2) is 0 Å². The molecule has 2 aromatic carbocycles. The lowest BCUT2D eigenvalue weighted by atomic mass is 10.2. The Kier molecular flexibility index (Phi) is 2.50. The number of hydrazine groups is 1. The number of benzene rings is 2. The molecule has 0 amide bonds. The van der Waals surface area contributed by atoms with E-state index in [1.165, 1.54) is 0 Å². The van der Waals surface area contributed by atoms with Gasteiger partial charge in [-0.1, -0.05) is 36.4 Å². The van der Waals surface area contributed by atoms with E-state index in [1.54, 1.807) is 0 Å². The van der Waals surface area contributed by atoms with E-state index in [0.29, 0.717) is 6.67 Å². The van der Waals surface area contributed by atoms with Crippen LogP contribution in [0, 0.1) is 0 Å². The average molecular weight is 223 g/mol. The fourth-order valence-corrected chi connectivity index (χ4v) is 1.90. The Morgan fingerprint density at radius 1 is 0.941 bits per heavy atom. The lowest BCUT2D eigenvalue weighted by Gasteiger charge is -2.28. The van der Waals surface area contributed by atoms with E-state index in [-0.39, 0.29) is 0 Å². The van der Waals surface area contributed by atoms with E-state index < -0.39 is 0 Å². The first-order chi connectivity index (χ1) is 8.43. The molecular weight excluding hydrogens is 210 g/mol. The summed E-state index contributed by atoms with van der Waals surface area (Å²) >= 11 is 0. The van der Waals surface area contributed by atoms with Crippen LogP contribution in [0.4, 0.5) is 11.4 Å². The zero-order valence-corrected chi connectivity index (χ0v) is 9.38. The second-order valence-corrected chi connectivity index (χ2v) is 3.92. The Balaban J connectivity index is 1.88. The van der Waals surface area contributed by atoms with Crippen molar-refractivity contribution in [1.29, 1.82) is 0 Å². The topological polar surface area (TPSA) is 27.6 Å². The summed E-state index contributed by atoms with van der Waals surface area (Å²) in [6.07, 6.45) is 1.92. The number of fused-ring (bicyclic) bond motifs is 1. The first-order valence-electron chi connectivity index (χ1n) is 5.61. The molecule has 0 atom stereocenters. The monoisotopic (exact) mass is 223 g/mol. The quantitative estimate of drug-likeness (QED) is 0.847. The minimum absolute atomic E-state index is 0.631. The Bertz CT molecular complexity index is 534. The van der Waals surface area contributed by atoms with E-state index in [0.717, 1.165) is 16.9 Å². The van der Waals surface area contributed by atoms with Crippen LogP contribution in [0.5, 0.6) is 0 Å². The molecule has 17 heavy (non-hydrogen) atoms. The highest BCUT2D eigenvalue weighted by Gasteiger charge is 2.12. The molecule has 1 heterocycles. The lowest BCUT2D eigenvalue weighted by Crippen LogP contribution is -2.32. The van der Waals surface area contributed by atoms with Gasteiger partial charge in [0.25, 0.3) is 0 Å². The fourth-order valence-electron chi connectivity index (χ4n) is 1.90. The van der Waals surface area contributed by atoms with E-state index in [2.05, 4.69) is 22.6 Å². The van der Waals surface area contributed by atoms with Gasteiger partial charge in [0.2, 0.25) is 0 Å². The van der Waals surface area contributed by atoms with Crippen LogP contribution in [0.3, 0.4) is 0 Å². The number of nitrogens with one attached hydrogen (secondary N) is 1. The van der Waals surface area contributed by atoms with E-state index in [9.17, 15) is 0 Å². The molecule has 0 fully saturated rings. The van der Waals surface area contributed by atoms with Crippen molar-refractivity contribution in [3.63, 3.8) is 0 Å². The number of hydrogen-bond acceptors (Lipinski definition) is 3. The van der Waals surface area contributed by atoms with Crippen LogP contribution in [0.25, 0.3) is 0 Å². The molecule has 84 valence electrons. The average Bonchev–Trinajstić information content (AvgIpc) is 2.40. The van der Waals surface area contributed by atoms with Gasteiger partial charge in [0, 0.05) is 11.8 Å². The molecule has 0 saturated carbocycles. The lowest BCUT2D eigenvalue weighted by molar-refractivity contribution is 0.907. The smallest absolute Gasteiger partial charge is 0.129 e. The molecule has 2 aromatic rings. The normalized spacial score (nSPS) is 13.3. The molecule has 1 N–H and O–H groups in total. The van der Waals surface area contributed by atoms with Crippen molar-refractivity contribution in [3.05, 3.63) is 60.2 Å². The predicted molar refractivity (Wildman–Crippen MR) is 71.4 cm³/mol. The third-order valence-corrected chi connectivity index (χ3v) is 2.72. The summed E-state index contributed by atoms with van der Waals surface area (Å²) in [7, 11) is 0. The molecule has 0 aliphatic carbocycles. The van der Waals surface area contributed by atoms with Crippen LogP contribution in [0.15, 0.2) is 59.6 Å². The third-order valence-electron chi connectivity index (χ3n) is 2.72. The third kappa shape index (κ3) is 1.99. The van der Waals surface area contributed by atoms with Crippen molar-refractivity contribution < 1.29 is 0 Å². The first kappa shape index (κ1) is 9.90. The highest BCUT2D eigenvalue weighted by Crippen LogP contribution is 2.22. The van der Waals surface area contributed by atoms with Crippen LogP contribution in [-0.2, 0) is 0 Å². The molecule has 3 heteroatoms. The van der Waals surface area contributed by atoms with Crippen LogP contribution in [0.2, 0.25) is 0 Å². The van der Waals surface area contributed by atoms with Crippen molar-refractivity contribution in [2.45, 2.75) is 0 Å². The van der Waals surface area contributed by atoms with Crippen LogP contribution < -0.4 is 10.4 Å². The summed E-state index contributed by atoms with van der Waals surface area (Å²) < 4.78 is 0. The van der Waals surface area contributed by atoms with Crippen LogP contribution in [0.1, 0.15) is 5.56 Å². The highest BCUT2D eigenvalue weighted by molar-refractivity contribution is 5.90. The predicted octanol–water partition coefficient (Wildman–Crippen LogP) is 2.91. The molecule has 0 saturated heterocycles. The van der Waals surface area contributed by atoms with Gasteiger partial charge in [0.1, 0.15) is 6.67 Å². The van der Waals surface area contributed by atoms with Crippen molar-refractivity contribution >= 4 is 17.6 Å². The minimum Gasteiger partial charge on any atom is -0.297 e. The van der Waals surface area contributed by atoms with Gasteiger partial charge in [0.15, 0.2) is 0 Å². The summed E-state index contributed by atoms with van der Waals surface area (Å²) in [5.74, 6) is 0. The molecule has 0 aromatic heterocycles. The summed E-state index contributed by atoms with van der Waals surface area (Å²) in [6, 6.07) is 18.3. The van der Waals surface area contributed by atoms with Gasteiger partial charge in [-0.05, 0) is 18.2 Å². The summed E-state index contributed by atoms with van der Waals surface area (Å²) in [4.78, 5) is 4.33. The largest absolute Gasteiger partial charge is 0.297 e. The second-order valence-electron chi connectivity index (χ2n) is 3.92. The number of hydrogen-bond donors (Lipinski definition) is 1. The highest BCUT2D eigenvalue weighted by atomic mass is 15.5. The van der Waals surface area contributed by atoms with Crippen molar-refractivity contribution in [2.24, 2.45) is 4.99 Å². The molecule has 1 aliphatic heterocycles.